The summed E-state index contributed by atoms with van der Waals surface area (Å²) in [6, 6.07) is 7.02. The molecule has 0 amide bonds. The smallest absolute Gasteiger partial charge is 0.169 e. The Hall–Kier alpha value is -1.68. The molecule has 2 rings (SSSR count). The molecule has 1 heterocycles. The van der Waals surface area contributed by atoms with Crippen molar-refractivity contribution in [3.05, 3.63) is 29.8 Å². The van der Waals surface area contributed by atoms with Gasteiger partial charge in [0, 0.05) is 25.2 Å². The SMILES string of the molecule is C[C@H]1C[C@H](C)CN(CCCOc2ccc(C(=O)CC=O)cc2)C1. The van der Waals surface area contributed by atoms with Crippen molar-refractivity contribution in [3.8, 4) is 5.75 Å². The Bertz CT molecular complexity index is 502. The number of likely N-dealkylation sites (tertiary alicyclic amines) is 1. The molecule has 126 valence electrons. The number of hydrogen-bond acceptors (Lipinski definition) is 4. The molecule has 2 atom stereocenters. The number of ether oxygens (including phenoxy) is 1. The minimum atomic E-state index is -0.153. The number of carbonyl (C=O) groups is 2. The maximum atomic E-state index is 11.6. The van der Waals surface area contributed by atoms with Gasteiger partial charge in [-0.1, -0.05) is 13.8 Å². The summed E-state index contributed by atoms with van der Waals surface area (Å²) in [6.45, 7) is 8.79. The van der Waals surface area contributed by atoms with Gasteiger partial charge in [0.2, 0.25) is 0 Å². The summed E-state index contributed by atoms with van der Waals surface area (Å²) < 4.78 is 5.74. The van der Waals surface area contributed by atoms with Crippen LogP contribution in [0, 0.1) is 11.8 Å². The van der Waals surface area contributed by atoms with Crippen LogP contribution in [0.25, 0.3) is 0 Å². The van der Waals surface area contributed by atoms with Gasteiger partial charge in [-0.15, -0.1) is 0 Å². The van der Waals surface area contributed by atoms with Crippen LogP contribution in [0.5, 0.6) is 5.75 Å². The number of nitrogens with zero attached hydrogens (tertiary/aromatic N) is 1. The lowest BCUT2D eigenvalue weighted by molar-refractivity contribution is -0.107. The molecule has 1 aromatic carbocycles. The Morgan fingerprint density at radius 2 is 1.87 bits per heavy atom. The summed E-state index contributed by atoms with van der Waals surface area (Å²) in [5.41, 5.74) is 0.556. The largest absolute Gasteiger partial charge is 0.494 e. The molecule has 4 heteroatoms. The van der Waals surface area contributed by atoms with E-state index in [1.54, 1.807) is 24.3 Å². The van der Waals surface area contributed by atoms with Gasteiger partial charge in [-0.25, -0.2) is 0 Å². The molecule has 0 aliphatic carbocycles. The molecule has 0 saturated carbocycles. The molecule has 1 saturated heterocycles. The van der Waals surface area contributed by atoms with E-state index in [0.29, 0.717) is 18.5 Å². The first-order valence-electron chi connectivity index (χ1n) is 8.50. The van der Waals surface area contributed by atoms with Crippen molar-refractivity contribution in [2.45, 2.75) is 33.1 Å². The molecular formula is C19H27NO3. The van der Waals surface area contributed by atoms with Crippen LogP contribution in [0.3, 0.4) is 0 Å². The first-order valence-corrected chi connectivity index (χ1v) is 8.50. The van der Waals surface area contributed by atoms with Crippen molar-refractivity contribution < 1.29 is 14.3 Å². The molecule has 1 aromatic rings. The lowest BCUT2D eigenvalue weighted by Gasteiger charge is -2.34. The van der Waals surface area contributed by atoms with Crippen molar-refractivity contribution in [3.63, 3.8) is 0 Å². The zero-order valence-electron chi connectivity index (χ0n) is 14.2. The van der Waals surface area contributed by atoms with Crippen molar-refractivity contribution in [2.24, 2.45) is 11.8 Å². The quantitative estimate of drug-likeness (QED) is 0.320. The Morgan fingerprint density at radius 1 is 1.22 bits per heavy atom. The maximum absolute atomic E-state index is 11.6. The van der Waals surface area contributed by atoms with E-state index in [1.165, 1.54) is 19.5 Å². The fourth-order valence-electron chi connectivity index (χ4n) is 3.38. The first-order chi connectivity index (χ1) is 11.1. The number of carbonyl (C=O) groups excluding carboxylic acids is 2. The van der Waals surface area contributed by atoms with E-state index in [-0.39, 0.29) is 12.2 Å². The van der Waals surface area contributed by atoms with Crippen LogP contribution >= 0.6 is 0 Å². The van der Waals surface area contributed by atoms with Crippen LogP contribution in [-0.2, 0) is 4.79 Å². The molecule has 1 aliphatic heterocycles. The average molecular weight is 317 g/mol. The second kappa shape index (κ2) is 8.82. The first kappa shape index (κ1) is 17.7. The van der Waals surface area contributed by atoms with Gasteiger partial charge < -0.3 is 14.4 Å². The van der Waals surface area contributed by atoms with Crippen LogP contribution in [0.4, 0.5) is 0 Å². The summed E-state index contributed by atoms with van der Waals surface area (Å²) in [7, 11) is 0. The predicted molar refractivity (Wildman–Crippen MR) is 91.0 cm³/mol. The van der Waals surface area contributed by atoms with Gasteiger partial charge in [-0.3, -0.25) is 4.79 Å². The van der Waals surface area contributed by atoms with Crippen molar-refractivity contribution in [2.75, 3.05) is 26.2 Å². The molecular weight excluding hydrogens is 290 g/mol. The zero-order valence-corrected chi connectivity index (χ0v) is 14.2. The summed E-state index contributed by atoms with van der Waals surface area (Å²) >= 11 is 0. The van der Waals surface area contributed by atoms with E-state index < -0.39 is 0 Å². The monoisotopic (exact) mass is 317 g/mol. The Morgan fingerprint density at radius 3 is 2.48 bits per heavy atom. The van der Waals surface area contributed by atoms with Gasteiger partial charge in [-0.05, 0) is 48.9 Å². The number of piperidine rings is 1. The number of aldehydes is 1. The van der Waals surface area contributed by atoms with Crippen molar-refractivity contribution >= 4 is 12.1 Å². The molecule has 0 spiro atoms. The normalized spacial score (nSPS) is 21.8. The van der Waals surface area contributed by atoms with E-state index >= 15 is 0 Å². The van der Waals surface area contributed by atoms with Crippen molar-refractivity contribution in [1.82, 2.24) is 4.90 Å². The van der Waals surface area contributed by atoms with Crippen LogP contribution in [-0.4, -0.2) is 43.2 Å². The molecule has 0 N–H and O–H groups in total. The fourth-order valence-corrected chi connectivity index (χ4v) is 3.38. The highest BCUT2D eigenvalue weighted by molar-refractivity contribution is 6.02. The molecule has 0 aromatic heterocycles. The topological polar surface area (TPSA) is 46.6 Å². The number of ketones is 1. The lowest BCUT2D eigenvalue weighted by Crippen LogP contribution is -2.39. The molecule has 1 fully saturated rings. The standard InChI is InChI=1S/C19H27NO3/c1-15-12-16(2)14-20(13-15)9-3-11-23-18-6-4-17(5-7-18)19(22)8-10-21/h4-7,10,15-16H,3,8-9,11-14H2,1-2H3/t15-,16-/m0/s1. The highest BCUT2D eigenvalue weighted by Gasteiger charge is 2.20. The van der Waals surface area contributed by atoms with E-state index in [4.69, 9.17) is 4.74 Å². The number of Topliss-reactive ketones (excluding diaryl/α,β-unsaturated/α-hetero) is 1. The van der Waals surface area contributed by atoms with Crippen LogP contribution in [0.1, 0.15) is 43.5 Å². The van der Waals surface area contributed by atoms with Crippen LogP contribution < -0.4 is 4.74 Å². The third-order valence-corrected chi connectivity index (χ3v) is 4.28. The molecule has 0 unspecified atom stereocenters. The maximum Gasteiger partial charge on any atom is 0.169 e. The lowest BCUT2D eigenvalue weighted by atomic mass is 9.92. The second-order valence-corrected chi connectivity index (χ2v) is 6.73. The number of benzene rings is 1. The Labute approximate surface area is 138 Å². The molecule has 0 radical (unpaired) electrons. The third-order valence-electron chi connectivity index (χ3n) is 4.28. The highest BCUT2D eigenvalue weighted by atomic mass is 16.5. The molecule has 1 aliphatic rings. The third kappa shape index (κ3) is 5.79. The summed E-state index contributed by atoms with van der Waals surface area (Å²) in [5.74, 6) is 2.19. The number of hydrogen-bond donors (Lipinski definition) is 0. The summed E-state index contributed by atoms with van der Waals surface area (Å²) in [4.78, 5) is 24.4. The zero-order chi connectivity index (χ0) is 16.7. The van der Waals surface area contributed by atoms with E-state index in [2.05, 4.69) is 18.7 Å². The minimum Gasteiger partial charge on any atom is -0.494 e. The summed E-state index contributed by atoms with van der Waals surface area (Å²) in [6.07, 6.45) is 2.91. The number of rotatable bonds is 8. The van der Waals surface area contributed by atoms with Gasteiger partial charge in [0.1, 0.15) is 12.0 Å². The minimum absolute atomic E-state index is 0.0626. The molecule has 4 nitrogen and oxygen atoms in total. The van der Waals surface area contributed by atoms with E-state index in [0.717, 1.165) is 30.6 Å². The van der Waals surface area contributed by atoms with Gasteiger partial charge in [0.05, 0.1) is 13.0 Å². The molecule has 0 bridgehead atoms. The predicted octanol–water partition coefficient (Wildman–Crippen LogP) is 3.21. The summed E-state index contributed by atoms with van der Waals surface area (Å²) in [5, 5.41) is 0. The second-order valence-electron chi connectivity index (χ2n) is 6.73. The van der Waals surface area contributed by atoms with E-state index in [1.807, 2.05) is 0 Å². The highest BCUT2D eigenvalue weighted by Crippen LogP contribution is 2.21. The van der Waals surface area contributed by atoms with Crippen LogP contribution in [0.2, 0.25) is 0 Å². The molecule has 23 heavy (non-hydrogen) atoms. The van der Waals surface area contributed by atoms with Gasteiger partial charge in [0.25, 0.3) is 0 Å². The van der Waals surface area contributed by atoms with E-state index in [9.17, 15) is 9.59 Å². The van der Waals surface area contributed by atoms with Crippen molar-refractivity contribution in [1.29, 1.82) is 0 Å². The fraction of sp³-hybridized carbons (Fsp3) is 0.579. The Balaban J connectivity index is 1.70. The van der Waals surface area contributed by atoms with Gasteiger partial charge >= 0.3 is 0 Å². The van der Waals surface area contributed by atoms with Gasteiger partial charge in [-0.2, -0.15) is 0 Å². The van der Waals surface area contributed by atoms with Gasteiger partial charge in [0.15, 0.2) is 5.78 Å². The average Bonchev–Trinajstić information content (AvgIpc) is 2.51. The van der Waals surface area contributed by atoms with Crippen LogP contribution in [0.15, 0.2) is 24.3 Å². The Kier molecular flexibility index (Phi) is 6.78.